The van der Waals surface area contributed by atoms with Crippen molar-refractivity contribution in [1.82, 2.24) is 16.0 Å². The van der Waals surface area contributed by atoms with E-state index in [1.54, 1.807) is 6.26 Å². The van der Waals surface area contributed by atoms with E-state index in [1.165, 1.54) is 11.8 Å². The molecule has 0 rings (SSSR count). The second kappa shape index (κ2) is 16.7. The fourth-order valence-corrected chi connectivity index (χ4v) is 3.25. The zero-order valence-corrected chi connectivity index (χ0v) is 19.8. The van der Waals surface area contributed by atoms with Crippen molar-refractivity contribution < 1.29 is 39.0 Å². The summed E-state index contributed by atoms with van der Waals surface area (Å²) in [6.45, 7) is 0.350. The van der Waals surface area contributed by atoms with Gasteiger partial charge in [-0.05, 0) is 44.2 Å². The molecule has 0 aliphatic heterocycles. The molecule has 0 heterocycles. The number of primary amides is 1. The third kappa shape index (κ3) is 13.0. The predicted octanol–water partition coefficient (Wildman–Crippen LogP) is -2.92. The first-order chi connectivity index (χ1) is 15.9. The second-order valence-electron chi connectivity index (χ2n) is 7.46. The van der Waals surface area contributed by atoms with Gasteiger partial charge in [0.25, 0.3) is 0 Å². The normalized spacial score (nSPS) is 14.2. The van der Waals surface area contributed by atoms with Gasteiger partial charge in [0.05, 0.1) is 18.9 Å². The highest BCUT2D eigenvalue weighted by atomic mass is 32.2. The van der Waals surface area contributed by atoms with Gasteiger partial charge in [-0.2, -0.15) is 11.8 Å². The molecule has 0 bridgehead atoms. The van der Waals surface area contributed by atoms with E-state index in [0.29, 0.717) is 25.1 Å². The van der Waals surface area contributed by atoms with Crippen molar-refractivity contribution in [2.24, 2.45) is 17.2 Å². The first-order valence-electron chi connectivity index (χ1n) is 10.5. The fraction of sp³-hybridized carbons (Fsp3) is 0.684. The number of unbranched alkanes of at least 4 members (excludes halogenated alkanes) is 1. The number of aliphatic carboxylic acids is 2. The summed E-state index contributed by atoms with van der Waals surface area (Å²) in [4.78, 5) is 71.0. The van der Waals surface area contributed by atoms with Gasteiger partial charge >= 0.3 is 11.9 Å². The average molecular weight is 507 g/mol. The standard InChI is InChI=1S/C19H34N6O8S/c1-34-7-5-12(18(31)25-13(19(32)33)9-15(27)28)24-17(30)11(4-2-3-6-20)23-16(29)10(21)8-14(22)26/h10-13H,2-9,20-21H2,1H3,(H2,22,26)(H,23,29)(H,24,30)(H,25,31)(H,27,28)(H,32,33). The monoisotopic (exact) mass is 506 g/mol. The number of carbonyl (C=O) groups excluding carboxylic acids is 4. The van der Waals surface area contributed by atoms with Gasteiger partial charge < -0.3 is 43.4 Å². The number of carbonyl (C=O) groups is 6. The van der Waals surface area contributed by atoms with Crippen LogP contribution >= 0.6 is 11.8 Å². The van der Waals surface area contributed by atoms with Gasteiger partial charge in [0.2, 0.25) is 23.6 Å². The molecule has 34 heavy (non-hydrogen) atoms. The summed E-state index contributed by atoms with van der Waals surface area (Å²) in [7, 11) is 0. The molecule has 4 amide bonds. The summed E-state index contributed by atoms with van der Waals surface area (Å²) in [6, 6.07) is -5.27. The Hall–Kier alpha value is -2.91. The lowest BCUT2D eigenvalue weighted by Gasteiger charge is -2.25. The Kier molecular flexibility index (Phi) is 15.2. The Morgan fingerprint density at radius 1 is 0.824 bits per heavy atom. The summed E-state index contributed by atoms with van der Waals surface area (Å²) in [5.74, 6) is -5.74. The van der Waals surface area contributed by atoms with Crippen molar-refractivity contribution in [1.29, 1.82) is 0 Å². The van der Waals surface area contributed by atoms with Crippen LogP contribution in [-0.4, -0.2) is 88.5 Å². The van der Waals surface area contributed by atoms with Gasteiger partial charge in [-0.1, -0.05) is 0 Å². The molecule has 0 aliphatic rings. The zero-order valence-electron chi connectivity index (χ0n) is 19.0. The highest BCUT2D eigenvalue weighted by Gasteiger charge is 2.31. The summed E-state index contributed by atoms with van der Waals surface area (Å²) >= 11 is 1.37. The van der Waals surface area contributed by atoms with Crippen LogP contribution in [0, 0.1) is 0 Å². The molecule has 0 saturated heterocycles. The van der Waals surface area contributed by atoms with E-state index in [1.807, 2.05) is 0 Å². The number of rotatable bonds is 18. The van der Waals surface area contributed by atoms with Crippen LogP contribution in [0.3, 0.4) is 0 Å². The number of hydrogen-bond donors (Lipinski definition) is 8. The third-order valence-electron chi connectivity index (χ3n) is 4.57. The SMILES string of the molecule is CSCCC(NC(=O)C(CCCCN)NC(=O)C(N)CC(N)=O)C(=O)NC(CC(=O)O)C(=O)O. The Balaban J connectivity index is 5.49. The largest absolute Gasteiger partial charge is 0.481 e. The van der Waals surface area contributed by atoms with Crippen LogP contribution < -0.4 is 33.2 Å². The van der Waals surface area contributed by atoms with E-state index < -0.39 is 72.6 Å². The van der Waals surface area contributed by atoms with Crippen molar-refractivity contribution in [2.75, 3.05) is 18.6 Å². The van der Waals surface area contributed by atoms with Gasteiger partial charge in [-0.25, -0.2) is 4.79 Å². The van der Waals surface area contributed by atoms with E-state index in [0.717, 1.165) is 0 Å². The van der Waals surface area contributed by atoms with Gasteiger partial charge in [0.15, 0.2) is 0 Å². The molecule has 11 N–H and O–H groups in total. The summed E-state index contributed by atoms with van der Waals surface area (Å²) < 4.78 is 0. The maximum Gasteiger partial charge on any atom is 0.326 e. The van der Waals surface area contributed by atoms with Crippen molar-refractivity contribution in [2.45, 2.75) is 62.7 Å². The van der Waals surface area contributed by atoms with Crippen LogP contribution in [-0.2, 0) is 28.8 Å². The summed E-state index contributed by atoms with van der Waals surface area (Å²) in [5.41, 5.74) is 16.1. The Bertz CT molecular complexity index is 738. The van der Waals surface area contributed by atoms with Crippen molar-refractivity contribution in [3.63, 3.8) is 0 Å². The van der Waals surface area contributed by atoms with E-state index in [2.05, 4.69) is 16.0 Å². The Morgan fingerprint density at radius 2 is 1.35 bits per heavy atom. The molecular formula is C19H34N6O8S. The summed E-state index contributed by atoms with van der Waals surface area (Å²) in [5, 5.41) is 25.0. The van der Waals surface area contributed by atoms with Gasteiger partial charge in [0, 0.05) is 0 Å². The minimum Gasteiger partial charge on any atom is -0.481 e. The number of thioether (sulfide) groups is 1. The molecule has 0 radical (unpaired) electrons. The molecule has 14 nitrogen and oxygen atoms in total. The fourth-order valence-electron chi connectivity index (χ4n) is 2.77. The van der Waals surface area contributed by atoms with E-state index in [4.69, 9.17) is 27.4 Å². The van der Waals surface area contributed by atoms with Crippen molar-refractivity contribution >= 4 is 47.3 Å². The molecule has 194 valence electrons. The molecular weight excluding hydrogens is 472 g/mol. The predicted molar refractivity (Wildman–Crippen MR) is 123 cm³/mol. The summed E-state index contributed by atoms with van der Waals surface area (Å²) in [6.07, 6.45) is 1.77. The van der Waals surface area contributed by atoms with Crippen LogP contribution in [0.5, 0.6) is 0 Å². The second-order valence-corrected chi connectivity index (χ2v) is 8.45. The lowest BCUT2D eigenvalue weighted by molar-refractivity contribution is -0.147. The number of carboxylic acid groups (broad SMARTS) is 2. The van der Waals surface area contributed by atoms with Crippen LogP contribution in [0.2, 0.25) is 0 Å². The number of nitrogens with two attached hydrogens (primary N) is 3. The van der Waals surface area contributed by atoms with Gasteiger partial charge in [0.1, 0.15) is 18.1 Å². The molecule has 0 aromatic carbocycles. The van der Waals surface area contributed by atoms with Crippen LogP contribution in [0.4, 0.5) is 0 Å². The Morgan fingerprint density at radius 3 is 1.82 bits per heavy atom. The first kappa shape index (κ1) is 31.1. The van der Waals surface area contributed by atoms with Gasteiger partial charge in [-0.3, -0.25) is 24.0 Å². The number of amides is 4. The van der Waals surface area contributed by atoms with Gasteiger partial charge in [-0.15, -0.1) is 0 Å². The third-order valence-corrected chi connectivity index (χ3v) is 5.22. The van der Waals surface area contributed by atoms with Crippen LogP contribution in [0.15, 0.2) is 0 Å². The highest BCUT2D eigenvalue weighted by Crippen LogP contribution is 2.07. The number of nitrogens with one attached hydrogen (secondary N) is 3. The number of carboxylic acids is 2. The molecule has 4 atom stereocenters. The van der Waals surface area contributed by atoms with Crippen molar-refractivity contribution in [3.8, 4) is 0 Å². The number of hydrogen-bond acceptors (Lipinski definition) is 9. The van der Waals surface area contributed by atoms with Crippen LogP contribution in [0.25, 0.3) is 0 Å². The molecule has 0 fully saturated rings. The molecule has 0 aromatic heterocycles. The zero-order chi connectivity index (χ0) is 26.3. The molecule has 0 spiro atoms. The van der Waals surface area contributed by atoms with Crippen LogP contribution in [0.1, 0.15) is 38.5 Å². The molecule has 0 aliphatic carbocycles. The maximum atomic E-state index is 12.9. The van der Waals surface area contributed by atoms with E-state index in [9.17, 15) is 28.8 Å². The minimum absolute atomic E-state index is 0.114. The van der Waals surface area contributed by atoms with E-state index in [-0.39, 0.29) is 12.8 Å². The van der Waals surface area contributed by atoms with Crippen molar-refractivity contribution in [3.05, 3.63) is 0 Å². The maximum absolute atomic E-state index is 12.9. The average Bonchev–Trinajstić information content (AvgIpc) is 2.74. The smallest absolute Gasteiger partial charge is 0.326 e. The lowest BCUT2D eigenvalue weighted by Crippen LogP contribution is -2.57. The quantitative estimate of drug-likeness (QED) is 0.0873. The molecule has 4 unspecified atom stereocenters. The highest BCUT2D eigenvalue weighted by molar-refractivity contribution is 7.98. The van der Waals surface area contributed by atoms with E-state index >= 15 is 0 Å². The molecule has 15 heteroatoms. The lowest BCUT2D eigenvalue weighted by atomic mass is 10.1. The minimum atomic E-state index is -1.69. The molecule has 0 saturated carbocycles. The Labute approximate surface area is 201 Å². The topological polar surface area (TPSA) is 257 Å². The first-order valence-corrected chi connectivity index (χ1v) is 11.9. The molecule has 0 aromatic rings.